The van der Waals surface area contributed by atoms with E-state index in [2.05, 4.69) is 15.0 Å². The number of benzene rings is 1. The summed E-state index contributed by atoms with van der Waals surface area (Å²) in [6.07, 6.45) is 0. The van der Waals surface area contributed by atoms with Gasteiger partial charge in [0, 0.05) is 0 Å². The van der Waals surface area contributed by atoms with Crippen molar-refractivity contribution in [2.24, 2.45) is 0 Å². The summed E-state index contributed by atoms with van der Waals surface area (Å²) >= 11 is 1.00. The van der Waals surface area contributed by atoms with Gasteiger partial charge in [-0.25, -0.2) is 14.2 Å². The largest absolute Gasteiger partial charge is 0.465 e. The lowest BCUT2D eigenvalue weighted by Gasteiger charge is -2.07. The molecule has 0 atom stereocenters. The van der Waals surface area contributed by atoms with Crippen molar-refractivity contribution in [1.82, 2.24) is 4.98 Å². The van der Waals surface area contributed by atoms with Crippen LogP contribution in [0.3, 0.4) is 0 Å². The van der Waals surface area contributed by atoms with E-state index in [1.165, 1.54) is 19.2 Å². The summed E-state index contributed by atoms with van der Waals surface area (Å²) in [5.74, 6) is -1.82. The number of methoxy groups -OCH3 is 1. The molecule has 3 N–H and O–H groups in total. The molecule has 0 radical (unpaired) electrons. The van der Waals surface area contributed by atoms with Crippen LogP contribution >= 0.6 is 11.3 Å². The molecule has 6 nitrogen and oxygen atoms in total. The molecular weight excluding hydrogens is 297 g/mol. The third-order valence-electron chi connectivity index (χ3n) is 2.66. The van der Waals surface area contributed by atoms with Gasteiger partial charge in [0.15, 0.2) is 5.13 Å². The fourth-order valence-electron chi connectivity index (χ4n) is 1.67. The van der Waals surface area contributed by atoms with Crippen LogP contribution in [0.4, 0.5) is 15.2 Å². The summed E-state index contributed by atoms with van der Waals surface area (Å²) in [6, 6.07) is 3.56. The van der Waals surface area contributed by atoms with Crippen LogP contribution < -0.4 is 11.1 Å². The van der Waals surface area contributed by atoms with Crippen LogP contribution in [0.1, 0.15) is 25.7 Å². The van der Waals surface area contributed by atoms with Gasteiger partial charge in [0.25, 0.3) is 5.91 Å². The zero-order valence-corrected chi connectivity index (χ0v) is 12.1. The average Bonchev–Trinajstić information content (AvgIpc) is 2.79. The number of aryl methyl sites for hydroxylation is 1. The van der Waals surface area contributed by atoms with Gasteiger partial charge in [-0.15, -0.1) is 0 Å². The molecule has 21 heavy (non-hydrogen) atoms. The maximum atomic E-state index is 13.7. The quantitative estimate of drug-likeness (QED) is 0.848. The summed E-state index contributed by atoms with van der Waals surface area (Å²) < 4.78 is 18.3. The number of hydrogen-bond acceptors (Lipinski definition) is 6. The Bertz CT molecular complexity index is 715. The normalized spacial score (nSPS) is 10.2. The van der Waals surface area contributed by atoms with Gasteiger partial charge in [-0.3, -0.25) is 4.79 Å². The van der Waals surface area contributed by atoms with E-state index in [-0.39, 0.29) is 21.3 Å². The Hall–Kier alpha value is -2.48. The smallest absolute Gasteiger partial charge is 0.337 e. The molecule has 0 unspecified atom stereocenters. The van der Waals surface area contributed by atoms with Gasteiger partial charge in [-0.1, -0.05) is 11.3 Å². The van der Waals surface area contributed by atoms with Crippen molar-refractivity contribution in [2.45, 2.75) is 6.92 Å². The topological polar surface area (TPSA) is 94.3 Å². The van der Waals surface area contributed by atoms with Crippen molar-refractivity contribution in [2.75, 3.05) is 18.2 Å². The summed E-state index contributed by atoms with van der Waals surface area (Å²) in [4.78, 5) is 27.7. The highest BCUT2D eigenvalue weighted by molar-refractivity contribution is 7.17. The van der Waals surface area contributed by atoms with Crippen molar-refractivity contribution < 1.29 is 18.7 Å². The van der Waals surface area contributed by atoms with Gasteiger partial charge in [0.2, 0.25) is 0 Å². The van der Waals surface area contributed by atoms with Crippen LogP contribution in [0.2, 0.25) is 0 Å². The molecule has 0 spiro atoms. The Balaban J connectivity index is 2.28. The number of nitrogens with two attached hydrogens (primary N) is 1. The van der Waals surface area contributed by atoms with Crippen LogP contribution in [-0.4, -0.2) is 24.0 Å². The van der Waals surface area contributed by atoms with E-state index in [9.17, 15) is 14.0 Å². The number of hydrogen-bond donors (Lipinski definition) is 2. The molecule has 2 rings (SSSR count). The molecule has 1 heterocycles. The number of rotatable bonds is 3. The lowest BCUT2D eigenvalue weighted by molar-refractivity contribution is 0.0600. The molecule has 2 aromatic rings. The van der Waals surface area contributed by atoms with Crippen LogP contribution in [0.25, 0.3) is 0 Å². The molecule has 1 amide bonds. The average molecular weight is 309 g/mol. The molecule has 0 saturated heterocycles. The van der Waals surface area contributed by atoms with Crippen molar-refractivity contribution >= 4 is 34.0 Å². The van der Waals surface area contributed by atoms with Crippen molar-refractivity contribution in [3.63, 3.8) is 0 Å². The molecule has 0 aliphatic carbocycles. The van der Waals surface area contributed by atoms with E-state index in [0.717, 1.165) is 17.4 Å². The minimum atomic E-state index is -0.661. The number of nitrogen functional groups attached to an aromatic ring is 1. The molecule has 110 valence electrons. The fourth-order valence-corrected chi connectivity index (χ4v) is 2.40. The number of thiazole rings is 1. The number of carbonyl (C=O) groups excluding carboxylic acids is 2. The highest BCUT2D eigenvalue weighted by Crippen LogP contribution is 2.23. The number of carbonyl (C=O) groups is 2. The maximum absolute atomic E-state index is 13.7. The van der Waals surface area contributed by atoms with E-state index in [4.69, 9.17) is 5.73 Å². The third-order valence-corrected chi connectivity index (χ3v) is 3.64. The second-order valence-electron chi connectivity index (χ2n) is 4.11. The van der Waals surface area contributed by atoms with Crippen molar-refractivity contribution in [3.8, 4) is 0 Å². The third kappa shape index (κ3) is 3.16. The Morgan fingerprint density at radius 3 is 2.71 bits per heavy atom. The van der Waals surface area contributed by atoms with Crippen molar-refractivity contribution in [3.05, 3.63) is 40.2 Å². The summed E-state index contributed by atoms with van der Waals surface area (Å²) in [5, 5.41) is 2.64. The molecule has 8 heteroatoms. The van der Waals surface area contributed by atoms with Crippen LogP contribution in [0.15, 0.2) is 18.2 Å². The standard InChI is InChI=1S/C13H12FN3O3S/c1-6-10(21-13(15)16-6)11(18)17-9-5-7(12(19)20-2)3-4-8(9)14/h3-5H,1-2H3,(H2,15,16)(H,17,18). The van der Waals surface area contributed by atoms with E-state index in [0.29, 0.717) is 5.69 Å². The molecule has 0 aliphatic heterocycles. The molecule has 0 bridgehead atoms. The zero-order valence-electron chi connectivity index (χ0n) is 11.3. The monoisotopic (exact) mass is 309 g/mol. The van der Waals surface area contributed by atoms with Gasteiger partial charge in [0.05, 0.1) is 24.1 Å². The predicted octanol–water partition coefficient (Wildman–Crippen LogP) is 2.21. The molecule has 1 aromatic carbocycles. The van der Waals surface area contributed by atoms with Gasteiger partial charge in [-0.2, -0.15) is 0 Å². The van der Waals surface area contributed by atoms with E-state index in [1.807, 2.05) is 0 Å². The minimum Gasteiger partial charge on any atom is -0.465 e. The molecule has 0 fully saturated rings. The fraction of sp³-hybridized carbons (Fsp3) is 0.154. The number of anilines is 2. The van der Waals surface area contributed by atoms with Gasteiger partial charge < -0.3 is 15.8 Å². The van der Waals surface area contributed by atoms with Gasteiger partial charge in [-0.05, 0) is 25.1 Å². The van der Waals surface area contributed by atoms with Gasteiger partial charge >= 0.3 is 5.97 Å². The predicted molar refractivity (Wildman–Crippen MR) is 77.0 cm³/mol. The van der Waals surface area contributed by atoms with Gasteiger partial charge in [0.1, 0.15) is 10.7 Å². The second-order valence-corrected chi connectivity index (χ2v) is 5.14. The molecule has 0 aliphatic rings. The van der Waals surface area contributed by atoms with E-state index < -0.39 is 17.7 Å². The summed E-state index contributed by atoms with van der Waals surface area (Å²) in [7, 11) is 1.22. The number of aromatic nitrogens is 1. The van der Waals surface area contributed by atoms with Crippen LogP contribution in [0, 0.1) is 12.7 Å². The SMILES string of the molecule is COC(=O)c1ccc(F)c(NC(=O)c2sc(N)nc2C)c1. The number of ether oxygens (including phenoxy) is 1. The van der Waals surface area contributed by atoms with Crippen molar-refractivity contribution in [1.29, 1.82) is 0 Å². The van der Waals surface area contributed by atoms with E-state index in [1.54, 1.807) is 6.92 Å². The lowest BCUT2D eigenvalue weighted by Crippen LogP contribution is -2.13. The lowest BCUT2D eigenvalue weighted by atomic mass is 10.2. The first kappa shape index (κ1) is 14.9. The van der Waals surface area contributed by atoms with Crippen LogP contribution in [-0.2, 0) is 4.74 Å². The summed E-state index contributed by atoms with van der Waals surface area (Å²) in [6.45, 7) is 1.63. The number of amides is 1. The highest BCUT2D eigenvalue weighted by atomic mass is 32.1. The van der Waals surface area contributed by atoms with Crippen LogP contribution in [0.5, 0.6) is 0 Å². The Labute approximate surface area is 123 Å². The van der Waals surface area contributed by atoms with E-state index >= 15 is 0 Å². The Kier molecular flexibility index (Phi) is 4.18. The number of nitrogens with zero attached hydrogens (tertiary/aromatic N) is 1. The maximum Gasteiger partial charge on any atom is 0.337 e. The first-order valence-electron chi connectivity index (χ1n) is 5.84. The minimum absolute atomic E-state index is 0.116. The number of esters is 1. The molecule has 1 aromatic heterocycles. The Morgan fingerprint density at radius 2 is 2.14 bits per heavy atom. The number of nitrogens with one attached hydrogen (secondary N) is 1. The zero-order chi connectivity index (χ0) is 15.6. The highest BCUT2D eigenvalue weighted by Gasteiger charge is 2.17. The second kappa shape index (κ2) is 5.88. The first-order chi connectivity index (χ1) is 9.92. The molecular formula is C13H12FN3O3S. The first-order valence-corrected chi connectivity index (χ1v) is 6.66. The Morgan fingerprint density at radius 1 is 1.43 bits per heavy atom. The number of halogens is 1. The summed E-state index contributed by atoms with van der Waals surface area (Å²) in [5.41, 5.74) is 5.99. The molecule has 0 saturated carbocycles.